The summed E-state index contributed by atoms with van der Waals surface area (Å²) in [7, 11) is 0. The minimum atomic E-state index is 0.534. The van der Waals surface area contributed by atoms with Gasteiger partial charge in [0.1, 0.15) is 5.82 Å². The summed E-state index contributed by atoms with van der Waals surface area (Å²) in [6, 6.07) is 16.0. The van der Waals surface area contributed by atoms with E-state index in [1.165, 1.54) is 10.9 Å². The van der Waals surface area contributed by atoms with Crippen molar-refractivity contribution in [3.05, 3.63) is 77.1 Å². The minimum absolute atomic E-state index is 0.534. The van der Waals surface area contributed by atoms with E-state index in [4.69, 9.17) is 11.6 Å². The zero-order chi connectivity index (χ0) is 18.6. The van der Waals surface area contributed by atoms with Gasteiger partial charge < -0.3 is 15.6 Å². The summed E-state index contributed by atoms with van der Waals surface area (Å²) < 4.78 is 0. The van der Waals surface area contributed by atoms with Gasteiger partial charge in [0.15, 0.2) is 0 Å². The zero-order valence-electron chi connectivity index (χ0n) is 15.0. The highest BCUT2D eigenvalue weighted by Gasteiger charge is 2.04. The molecule has 0 fully saturated rings. The monoisotopic (exact) mass is 377 g/mol. The normalized spacial score (nSPS) is 10.9. The molecule has 0 aliphatic heterocycles. The van der Waals surface area contributed by atoms with Crippen LogP contribution >= 0.6 is 11.6 Å². The third-order valence-electron chi connectivity index (χ3n) is 4.46. The van der Waals surface area contributed by atoms with E-state index in [-0.39, 0.29) is 0 Å². The largest absolute Gasteiger partial charge is 0.370 e. The van der Waals surface area contributed by atoms with Crippen LogP contribution < -0.4 is 10.6 Å². The number of aryl methyl sites for hydroxylation is 1. The Bertz CT molecular complexity index is 1070. The Morgan fingerprint density at radius 3 is 2.89 bits per heavy atom. The lowest BCUT2D eigenvalue weighted by Gasteiger charge is -2.09. The van der Waals surface area contributed by atoms with Gasteiger partial charge in [-0.05, 0) is 48.7 Å². The van der Waals surface area contributed by atoms with Gasteiger partial charge in [0.2, 0.25) is 5.95 Å². The average molecular weight is 378 g/mol. The molecule has 6 heteroatoms. The number of rotatable bonds is 6. The van der Waals surface area contributed by atoms with Crippen LogP contribution in [-0.2, 0) is 6.42 Å². The number of H-pyrrole nitrogens is 1. The quantitative estimate of drug-likeness (QED) is 0.425. The van der Waals surface area contributed by atoms with E-state index in [9.17, 15) is 0 Å². The second kappa shape index (κ2) is 7.68. The Morgan fingerprint density at radius 1 is 1.11 bits per heavy atom. The van der Waals surface area contributed by atoms with Crippen LogP contribution in [0.4, 0.5) is 17.5 Å². The summed E-state index contributed by atoms with van der Waals surface area (Å²) in [6.45, 7) is 2.76. The standard InChI is InChI=1S/C21H20ClN5/c1-14-6-7-16(12-18(14)22)26-21-24-11-9-20(27-21)23-10-8-15-13-25-19-5-3-2-4-17(15)19/h2-7,9,11-13,25H,8,10H2,1H3,(H2,23,24,26,27). The smallest absolute Gasteiger partial charge is 0.229 e. The van der Waals surface area contributed by atoms with Crippen LogP contribution in [0.1, 0.15) is 11.1 Å². The van der Waals surface area contributed by atoms with Crippen molar-refractivity contribution in [2.45, 2.75) is 13.3 Å². The maximum Gasteiger partial charge on any atom is 0.229 e. The average Bonchev–Trinajstić information content (AvgIpc) is 3.09. The number of hydrogen-bond donors (Lipinski definition) is 3. The van der Waals surface area contributed by atoms with Gasteiger partial charge in [0.05, 0.1) is 0 Å². The Morgan fingerprint density at radius 2 is 2.00 bits per heavy atom. The van der Waals surface area contributed by atoms with Crippen LogP contribution in [-0.4, -0.2) is 21.5 Å². The van der Waals surface area contributed by atoms with Crippen LogP contribution in [0, 0.1) is 6.92 Å². The lowest BCUT2D eigenvalue weighted by atomic mass is 10.1. The predicted octanol–water partition coefficient (Wildman–Crippen LogP) is 5.32. The van der Waals surface area contributed by atoms with Gasteiger partial charge in [-0.15, -0.1) is 0 Å². The number of nitrogens with zero attached hydrogens (tertiary/aromatic N) is 2. The predicted molar refractivity (Wildman–Crippen MR) is 112 cm³/mol. The van der Waals surface area contributed by atoms with Crippen molar-refractivity contribution in [1.82, 2.24) is 15.0 Å². The molecule has 0 aliphatic carbocycles. The minimum Gasteiger partial charge on any atom is -0.370 e. The van der Waals surface area contributed by atoms with Gasteiger partial charge >= 0.3 is 0 Å². The number of aromatic nitrogens is 3. The molecule has 0 radical (unpaired) electrons. The molecule has 2 aromatic heterocycles. The Balaban J connectivity index is 1.39. The summed E-state index contributed by atoms with van der Waals surface area (Å²) in [4.78, 5) is 12.1. The molecule has 0 amide bonds. The number of nitrogens with one attached hydrogen (secondary N) is 3. The molecule has 0 saturated carbocycles. The van der Waals surface area contributed by atoms with E-state index in [0.29, 0.717) is 11.0 Å². The van der Waals surface area contributed by atoms with Crippen molar-refractivity contribution in [1.29, 1.82) is 0 Å². The van der Waals surface area contributed by atoms with E-state index >= 15 is 0 Å². The van der Waals surface area contributed by atoms with E-state index in [1.807, 2.05) is 37.3 Å². The van der Waals surface area contributed by atoms with Crippen LogP contribution in [0.25, 0.3) is 10.9 Å². The molecule has 0 bridgehead atoms. The van der Waals surface area contributed by atoms with Crippen molar-refractivity contribution in [2.75, 3.05) is 17.2 Å². The fraction of sp³-hybridized carbons (Fsp3) is 0.143. The number of benzene rings is 2. The number of halogens is 1. The molecule has 3 N–H and O–H groups in total. The van der Waals surface area contributed by atoms with Crippen molar-refractivity contribution >= 4 is 40.0 Å². The van der Waals surface area contributed by atoms with Gasteiger partial charge in [0.25, 0.3) is 0 Å². The number of hydrogen-bond acceptors (Lipinski definition) is 4. The zero-order valence-corrected chi connectivity index (χ0v) is 15.7. The molecular weight excluding hydrogens is 358 g/mol. The molecule has 4 rings (SSSR count). The first-order chi connectivity index (χ1) is 13.2. The topological polar surface area (TPSA) is 65.6 Å². The first-order valence-corrected chi connectivity index (χ1v) is 9.22. The molecule has 0 unspecified atom stereocenters. The van der Waals surface area contributed by atoms with Crippen LogP contribution in [0.2, 0.25) is 5.02 Å². The van der Waals surface area contributed by atoms with Gasteiger partial charge in [0, 0.05) is 40.6 Å². The molecule has 5 nitrogen and oxygen atoms in total. The highest BCUT2D eigenvalue weighted by molar-refractivity contribution is 6.31. The summed E-state index contributed by atoms with van der Waals surface area (Å²) in [5, 5.41) is 8.53. The lowest BCUT2D eigenvalue weighted by molar-refractivity contribution is 1.01. The number of anilines is 3. The van der Waals surface area contributed by atoms with Gasteiger partial charge in [-0.2, -0.15) is 4.98 Å². The molecule has 0 saturated heterocycles. The van der Waals surface area contributed by atoms with E-state index in [1.54, 1.807) is 6.20 Å². The Kier molecular flexibility index (Phi) is 4.94. The summed E-state index contributed by atoms with van der Waals surface area (Å²) in [6.07, 6.45) is 4.71. The van der Waals surface area contributed by atoms with Gasteiger partial charge in [-0.25, -0.2) is 4.98 Å². The molecule has 0 aliphatic rings. The fourth-order valence-electron chi connectivity index (χ4n) is 2.98. The number of fused-ring (bicyclic) bond motifs is 1. The van der Waals surface area contributed by atoms with Crippen LogP contribution in [0.15, 0.2) is 60.9 Å². The molecule has 2 heterocycles. The highest BCUT2D eigenvalue weighted by Crippen LogP contribution is 2.22. The summed E-state index contributed by atoms with van der Waals surface area (Å²) in [5.74, 6) is 1.32. The Hall–Kier alpha value is -3.05. The van der Waals surface area contributed by atoms with Gasteiger partial charge in [-0.1, -0.05) is 35.9 Å². The summed E-state index contributed by atoms with van der Waals surface area (Å²) in [5.41, 5.74) is 4.36. The Labute approximate surface area is 162 Å². The van der Waals surface area contributed by atoms with Gasteiger partial charge in [-0.3, -0.25) is 0 Å². The highest BCUT2D eigenvalue weighted by atomic mass is 35.5. The van der Waals surface area contributed by atoms with E-state index < -0.39 is 0 Å². The summed E-state index contributed by atoms with van der Waals surface area (Å²) >= 11 is 6.17. The molecule has 136 valence electrons. The second-order valence-corrected chi connectivity index (χ2v) is 6.80. The molecule has 4 aromatic rings. The lowest BCUT2D eigenvalue weighted by Crippen LogP contribution is -2.07. The van der Waals surface area contributed by atoms with E-state index in [2.05, 4.69) is 50.0 Å². The fourth-order valence-corrected chi connectivity index (χ4v) is 3.16. The van der Waals surface area contributed by atoms with Crippen LogP contribution in [0.5, 0.6) is 0 Å². The van der Waals surface area contributed by atoms with E-state index in [0.717, 1.165) is 35.6 Å². The van der Waals surface area contributed by atoms with Crippen LogP contribution in [0.3, 0.4) is 0 Å². The first kappa shape index (κ1) is 17.4. The number of aromatic amines is 1. The molecule has 27 heavy (non-hydrogen) atoms. The maximum absolute atomic E-state index is 6.17. The first-order valence-electron chi connectivity index (χ1n) is 8.84. The van der Waals surface area contributed by atoms with Crippen molar-refractivity contribution < 1.29 is 0 Å². The molecule has 0 atom stereocenters. The molecule has 0 spiro atoms. The SMILES string of the molecule is Cc1ccc(Nc2nccc(NCCc3c[nH]c4ccccc34)n2)cc1Cl. The maximum atomic E-state index is 6.17. The number of para-hydroxylation sites is 1. The van der Waals surface area contributed by atoms with Crippen molar-refractivity contribution in [2.24, 2.45) is 0 Å². The van der Waals surface area contributed by atoms with Crippen molar-refractivity contribution in [3.63, 3.8) is 0 Å². The van der Waals surface area contributed by atoms with Crippen molar-refractivity contribution in [3.8, 4) is 0 Å². The second-order valence-electron chi connectivity index (χ2n) is 6.39. The third kappa shape index (κ3) is 4.04. The third-order valence-corrected chi connectivity index (χ3v) is 4.87. The molecule has 2 aromatic carbocycles. The molecular formula is C21H20ClN5.